The second-order valence-corrected chi connectivity index (χ2v) is 5.63. The molecule has 0 heterocycles. The van der Waals surface area contributed by atoms with Crippen LogP contribution in [0.3, 0.4) is 0 Å². The normalized spacial score (nSPS) is 16.8. The van der Waals surface area contributed by atoms with Gasteiger partial charge in [0.1, 0.15) is 0 Å². The van der Waals surface area contributed by atoms with E-state index in [2.05, 4.69) is 5.32 Å². The Hall–Kier alpha value is -0.420. The standard InChI is InChI=1S/C10H22N2O2S/c1-4-9(6-11)5-10(13)12-7-8(2)15(3)14/h8-9H,4-7,11H2,1-3H3,(H,12,13). The molecule has 3 N–H and O–H groups in total. The molecule has 3 atom stereocenters. The zero-order valence-corrected chi connectivity index (χ0v) is 10.6. The summed E-state index contributed by atoms with van der Waals surface area (Å²) in [4.78, 5) is 11.4. The molecule has 0 aliphatic rings. The Labute approximate surface area is 94.4 Å². The summed E-state index contributed by atoms with van der Waals surface area (Å²) in [5, 5.41) is 2.78. The van der Waals surface area contributed by atoms with Crippen LogP contribution in [0.25, 0.3) is 0 Å². The van der Waals surface area contributed by atoms with Gasteiger partial charge >= 0.3 is 0 Å². The summed E-state index contributed by atoms with van der Waals surface area (Å²) in [6.07, 6.45) is 3.03. The van der Waals surface area contributed by atoms with Gasteiger partial charge in [0.2, 0.25) is 5.91 Å². The van der Waals surface area contributed by atoms with Crippen LogP contribution < -0.4 is 11.1 Å². The average Bonchev–Trinajstić information content (AvgIpc) is 2.22. The number of hydrogen-bond donors (Lipinski definition) is 2. The fourth-order valence-electron chi connectivity index (χ4n) is 1.10. The summed E-state index contributed by atoms with van der Waals surface area (Å²) >= 11 is 0. The van der Waals surface area contributed by atoms with Gasteiger partial charge in [-0.3, -0.25) is 9.00 Å². The van der Waals surface area contributed by atoms with Crippen molar-refractivity contribution in [3.8, 4) is 0 Å². The SMILES string of the molecule is CCC(CN)CC(=O)NCC(C)S(C)=O. The number of nitrogens with one attached hydrogen (secondary N) is 1. The Balaban J connectivity index is 3.79. The molecule has 0 aromatic rings. The monoisotopic (exact) mass is 234 g/mol. The van der Waals surface area contributed by atoms with Crippen molar-refractivity contribution in [3.63, 3.8) is 0 Å². The van der Waals surface area contributed by atoms with E-state index in [-0.39, 0.29) is 17.1 Å². The van der Waals surface area contributed by atoms with Crippen LogP contribution in [0.15, 0.2) is 0 Å². The maximum atomic E-state index is 11.4. The van der Waals surface area contributed by atoms with Gasteiger partial charge < -0.3 is 11.1 Å². The topological polar surface area (TPSA) is 72.2 Å². The predicted octanol–water partition coefficient (Wildman–Crippen LogP) is 0.245. The highest BCUT2D eigenvalue weighted by Gasteiger charge is 2.12. The second-order valence-electron chi connectivity index (χ2n) is 3.83. The molecule has 0 spiro atoms. The molecule has 0 saturated heterocycles. The minimum absolute atomic E-state index is 0.00426. The number of nitrogens with two attached hydrogens (primary N) is 1. The molecule has 0 aliphatic heterocycles. The first-order valence-electron chi connectivity index (χ1n) is 5.30. The van der Waals surface area contributed by atoms with Gasteiger partial charge in [-0.2, -0.15) is 0 Å². The van der Waals surface area contributed by atoms with Crippen LogP contribution in [0.2, 0.25) is 0 Å². The highest BCUT2D eigenvalue weighted by atomic mass is 32.2. The van der Waals surface area contributed by atoms with E-state index in [1.807, 2.05) is 13.8 Å². The molecule has 90 valence electrons. The molecule has 1 amide bonds. The van der Waals surface area contributed by atoms with E-state index in [0.29, 0.717) is 19.5 Å². The van der Waals surface area contributed by atoms with Crippen LogP contribution in [0.5, 0.6) is 0 Å². The molecule has 15 heavy (non-hydrogen) atoms. The molecular formula is C10H22N2O2S. The molecule has 0 rings (SSSR count). The molecule has 0 fully saturated rings. The first-order valence-corrected chi connectivity index (χ1v) is 6.92. The Morgan fingerprint density at radius 2 is 2.13 bits per heavy atom. The molecule has 0 bridgehead atoms. The van der Waals surface area contributed by atoms with Gasteiger partial charge in [0, 0.05) is 35.3 Å². The molecular weight excluding hydrogens is 212 g/mol. The summed E-state index contributed by atoms with van der Waals surface area (Å²) in [5.41, 5.74) is 5.51. The summed E-state index contributed by atoms with van der Waals surface area (Å²) in [6.45, 7) is 4.90. The maximum absolute atomic E-state index is 11.4. The number of carbonyl (C=O) groups is 1. The van der Waals surface area contributed by atoms with Crippen LogP contribution in [-0.4, -0.2) is 34.7 Å². The molecule has 3 unspecified atom stereocenters. The number of carbonyl (C=O) groups excluding carboxylic acids is 1. The van der Waals surface area contributed by atoms with Gasteiger partial charge in [-0.1, -0.05) is 13.3 Å². The maximum Gasteiger partial charge on any atom is 0.220 e. The highest BCUT2D eigenvalue weighted by Crippen LogP contribution is 2.05. The number of rotatable bonds is 7. The summed E-state index contributed by atoms with van der Waals surface area (Å²) in [5.74, 6) is 0.261. The Morgan fingerprint density at radius 1 is 1.53 bits per heavy atom. The lowest BCUT2D eigenvalue weighted by atomic mass is 10.0. The molecule has 0 aliphatic carbocycles. The zero-order valence-electron chi connectivity index (χ0n) is 9.79. The first-order chi connectivity index (χ1) is 7.01. The van der Waals surface area contributed by atoms with Crippen LogP contribution in [-0.2, 0) is 15.6 Å². The summed E-state index contributed by atoms with van der Waals surface area (Å²) in [6, 6.07) is 0. The Bertz CT molecular complexity index is 217. The lowest BCUT2D eigenvalue weighted by Gasteiger charge is -2.13. The summed E-state index contributed by atoms with van der Waals surface area (Å²) < 4.78 is 11.0. The van der Waals surface area contributed by atoms with Crippen molar-refractivity contribution in [1.29, 1.82) is 0 Å². The Morgan fingerprint density at radius 3 is 2.53 bits per heavy atom. The van der Waals surface area contributed by atoms with E-state index in [9.17, 15) is 9.00 Å². The van der Waals surface area contributed by atoms with Gasteiger partial charge in [-0.25, -0.2) is 0 Å². The predicted molar refractivity (Wildman–Crippen MR) is 64.0 cm³/mol. The fraction of sp³-hybridized carbons (Fsp3) is 0.900. The largest absolute Gasteiger partial charge is 0.355 e. The van der Waals surface area contributed by atoms with Crippen molar-refractivity contribution in [2.75, 3.05) is 19.3 Å². The van der Waals surface area contributed by atoms with Crippen molar-refractivity contribution < 1.29 is 9.00 Å². The molecule has 0 aromatic carbocycles. The zero-order chi connectivity index (χ0) is 11.8. The third kappa shape index (κ3) is 6.62. The molecule has 4 nitrogen and oxygen atoms in total. The Kier molecular flexibility index (Phi) is 7.60. The first kappa shape index (κ1) is 14.6. The van der Waals surface area contributed by atoms with Crippen molar-refractivity contribution in [3.05, 3.63) is 0 Å². The van der Waals surface area contributed by atoms with Crippen molar-refractivity contribution in [2.45, 2.75) is 31.9 Å². The van der Waals surface area contributed by atoms with E-state index < -0.39 is 10.8 Å². The number of amides is 1. The third-order valence-electron chi connectivity index (χ3n) is 2.54. The van der Waals surface area contributed by atoms with E-state index >= 15 is 0 Å². The van der Waals surface area contributed by atoms with E-state index in [1.165, 1.54) is 0 Å². The smallest absolute Gasteiger partial charge is 0.220 e. The average molecular weight is 234 g/mol. The van der Waals surface area contributed by atoms with E-state index in [4.69, 9.17) is 5.73 Å². The van der Waals surface area contributed by atoms with E-state index in [1.54, 1.807) is 6.26 Å². The van der Waals surface area contributed by atoms with Gasteiger partial charge in [0.25, 0.3) is 0 Å². The fourth-order valence-corrected chi connectivity index (χ4v) is 1.42. The molecule has 0 saturated carbocycles. The second kappa shape index (κ2) is 7.82. The van der Waals surface area contributed by atoms with Crippen LogP contribution in [0, 0.1) is 5.92 Å². The summed E-state index contributed by atoms with van der Waals surface area (Å²) in [7, 11) is -0.882. The number of hydrogen-bond acceptors (Lipinski definition) is 3. The van der Waals surface area contributed by atoms with Gasteiger partial charge in [0.15, 0.2) is 0 Å². The van der Waals surface area contributed by atoms with Crippen LogP contribution >= 0.6 is 0 Å². The lowest BCUT2D eigenvalue weighted by molar-refractivity contribution is -0.121. The lowest BCUT2D eigenvalue weighted by Crippen LogP contribution is -2.34. The van der Waals surface area contributed by atoms with Crippen LogP contribution in [0.1, 0.15) is 26.7 Å². The van der Waals surface area contributed by atoms with Crippen LogP contribution in [0.4, 0.5) is 0 Å². The van der Waals surface area contributed by atoms with Crippen molar-refractivity contribution in [2.24, 2.45) is 11.7 Å². The van der Waals surface area contributed by atoms with Gasteiger partial charge in [-0.05, 0) is 19.4 Å². The van der Waals surface area contributed by atoms with Gasteiger partial charge in [0.05, 0.1) is 0 Å². The van der Waals surface area contributed by atoms with Crippen molar-refractivity contribution in [1.82, 2.24) is 5.32 Å². The van der Waals surface area contributed by atoms with E-state index in [0.717, 1.165) is 6.42 Å². The third-order valence-corrected chi connectivity index (χ3v) is 3.84. The quantitative estimate of drug-likeness (QED) is 0.663. The minimum atomic E-state index is -0.882. The molecule has 0 radical (unpaired) electrons. The van der Waals surface area contributed by atoms with Gasteiger partial charge in [-0.15, -0.1) is 0 Å². The van der Waals surface area contributed by atoms with Crippen molar-refractivity contribution >= 4 is 16.7 Å². The molecule has 0 aromatic heterocycles. The highest BCUT2D eigenvalue weighted by molar-refractivity contribution is 7.84. The minimum Gasteiger partial charge on any atom is -0.355 e. The molecule has 5 heteroatoms.